The van der Waals surface area contributed by atoms with Gasteiger partial charge in [0.1, 0.15) is 0 Å². The topological polar surface area (TPSA) is 66.6 Å². The van der Waals surface area contributed by atoms with Crippen molar-refractivity contribution in [3.8, 4) is 0 Å². The molecule has 1 fully saturated rings. The molecule has 0 radical (unpaired) electrons. The molecule has 1 atom stereocenters. The van der Waals surface area contributed by atoms with Gasteiger partial charge in [-0.05, 0) is 43.9 Å². The number of nitrogens with zero attached hydrogens (tertiary/aromatic N) is 1. The highest BCUT2D eigenvalue weighted by atomic mass is 16.3. The smallest absolute Gasteiger partial charge is 0.232 e. The monoisotopic (exact) mass is 262 g/mol. The van der Waals surface area contributed by atoms with Gasteiger partial charge in [0.05, 0.1) is 11.5 Å². The molecule has 1 unspecified atom stereocenters. The molecule has 1 aliphatic rings. The molecule has 0 saturated heterocycles. The van der Waals surface area contributed by atoms with Gasteiger partial charge in [-0.15, -0.1) is 0 Å². The average molecular weight is 262 g/mol. The minimum Gasteiger partial charge on any atom is -0.399 e. The second-order valence-electron chi connectivity index (χ2n) is 5.57. The third-order valence-electron chi connectivity index (χ3n) is 3.85. The van der Waals surface area contributed by atoms with Gasteiger partial charge in [0, 0.05) is 19.3 Å². The highest BCUT2D eigenvalue weighted by molar-refractivity contribution is 5.91. The Balaban J connectivity index is 2.07. The summed E-state index contributed by atoms with van der Waals surface area (Å²) in [5, 5.41) is 9.30. The Bertz CT molecular complexity index is 450. The average Bonchev–Trinajstić information content (AvgIpc) is 3.17. The van der Waals surface area contributed by atoms with Crippen molar-refractivity contribution in [2.45, 2.75) is 37.7 Å². The highest BCUT2D eigenvalue weighted by Gasteiger charge is 2.52. The Kier molecular flexibility index (Phi) is 3.80. The van der Waals surface area contributed by atoms with Crippen LogP contribution < -0.4 is 5.73 Å². The van der Waals surface area contributed by atoms with Crippen LogP contribution in [0, 0.1) is 0 Å². The van der Waals surface area contributed by atoms with Crippen molar-refractivity contribution in [1.82, 2.24) is 4.90 Å². The quantitative estimate of drug-likeness (QED) is 0.791. The molecular formula is C15H22N2O2. The number of aliphatic hydroxyl groups excluding tert-OH is 1. The number of amides is 1. The fourth-order valence-corrected chi connectivity index (χ4v) is 2.40. The Labute approximate surface area is 114 Å². The van der Waals surface area contributed by atoms with Gasteiger partial charge in [-0.2, -0.15) is 0 Å². The zero-order valence-corrected chi connectivity index (χ0v) is 11.6. The fraction of sp³-hybridized carbons (Fsp3) is 0.533. The van der Waals surface area contributed by atoms with Crippen LogP contribution >= 0.6 is 0 Å². The van der Waals surface area contributed by atoms with Crippen LogP contribution in [0.1, 0.15) is 31.7 Å². The predicted octanol–water partition coefficient (Wildman–Crippen LogP) is 1.53. The number of rotatable bonds is 5. The number of nitrogens with two attached hydrogens (primary N) is 1. The number of carbonyl (C=O) groups is 1. The number of benzene rings is 1. The molecule has 4 heteroatoms. The first-order valence-electron chi connectivity index (χ1n) is 6.75. The Hall–Kier alpha value is -1.55. The van der Waals surface area contributed by atoms with E-state index < -0.39 is 0 Å². The molecule has 1 aliphatic carbocycles. The normalized spacial score (nSPS) is 17.8. The third-order valence-corrected chi connectivity index (χ3v) is 3.85. The van der Waals surface area contributed by atoms with Crippen LogP contribution in [-0.4, -0.2) is 35.6 Å². The Morgan fingerprint density at radius 2 is 2.00 bits per heavy atom. The van der Waals surface area contributed by atoms with Crippen molar-refractivity contribution in [3.05, 3.63) is 29.8 Å². The van der Waals surface area contributed by atoms with Crippen LogP contribution in [0.4, 0.5) is 5.69 Å². The number of hydrogen-bond donors (Lipinski definition) is 2. The molecule has 1 saturated carbocycles. The van der Waals surface area contributed by atoms with Crippen molar-refractivity contribution >= 4 is 11.6 Å². The molecule has 0 heterocycles. The summed E-state index contributed by atoms with van der Waals surface area (Å²) in [7, 11) is 1.81. The standard InChI is InChI=1S/C15H22N2O2/c1-11(18)7-10-17(2)14(19)15(8-9-15)12-3-5-13(16)6-4-12/h3-6,11,18H,7-10,16H2,1-2H3. The van der Waals surface area contributed by atoms with E-state index in [0.717, 1.165) is 24.1 Å². The number of nitrogen functional groups attached to an aromatic ring is 1. The minimum absolute atomic E-state index is 0.151. The number of hydrogen-bond acceptors (Lipinski definition) is 3. The molecule has 0 bridgehead atoms. The summed E-state index contributed by atoms with van der Waals surface area (Å²) in [5.74, 6) is 0.151. The third kappa shape index (κ3) is 2.89. The summed E-state index contributed by atoms with van der Waals surface area (Å²) in [5.41, 5.74) is 7.11. The van der Waals surface area contributed by atoms with Crippen LogP contribution in [0.3, 0.4) is 0 Å². The molecule has 0 spiro atoms. The van der Waals surface area contributed by atoms with Gasteiger partial charge in [-0.3, -0.25) is 4.79 Å². The molecule has 104 valence electrons. The predicted molar refractivity (Wildman–Crippen MR) is 75.7 cm³/mol. The maximum absolute atomic E-state index is 12.5. The Morgan fingerprint density at radius 3 is 2.47 bits per heavy atom. The van der Waals surface area contributed by atoms with Gasteiger partial charge in [0.15, 0.2) is 0 Å². The first-order valence-corrected chi connectivity index (χ1v) is 6.75. The lowest BCUT2D eigenvalue weighted by atomic mass is 9.94. The van der Waals surface area contributed by atoms with E-state index in [1.165, 1.54) is 0 Å². The van der Waals surface area contributed by atoms with Crippen LogP contribution in [0.5, 0.6) is 0 Å². The molecule has 0 aliphatic heterocycles. The van der Waals surface area contributed by atoms with Crippen LogP contribution in [0.25, 0.3) is 0 Å². The SMILES string of the molecule is CC(O)CCN(C)C(=O)C1(c2ccc(N)cc2)CC1. The number of anilines is 1. The van der Waals surface area contributed by atoms with Gasteiger partial charge in [-0.25, -0.2) is 0 Å². The highest BCUT2D eigenvalue weighted by Crippen LogP contribution is 2.49. The maximum Gasteiger partial charge on any atom is 0.232 e. The largest absolute Gasteiger partial charge is 0.399 e. The van der Waals surface area contributed by atoms with Crippen molar-refractivity contribution < 1.29 is 9.90 Å². The van der Waals surface area contributed by atoms with E-state index in [4.69, 9.17) is 5.73 Å². The van der Waals surface area contributed by atoms with Crippen LogP contribution in [0.15, 0.2) is 24.3 Å². The molecule has 2 rings (SSSR count). The summed E-state index contributed by atoms with van der Waals surface area (Å²) in [6, 6.07) is 7.59. The second kappa shape index (κ2) is 5.21. The zero-order chi connectivity index (χ0) is 14.0. The Morgan fingerprint density at radius 1 is 1.42 bits per heavy atom. The van der Waals surface area contributed by atoms with E-state index >= 15 is 0 Å². The molecule has 0 aromatic heterocycles. The molecule has 3 N–H and O–H groups in total. The lowest BCUT2D eigenvalue weighted by molar-refractivity contribution is -0.132. The van der Waals surface area contributed by atoms with E-state index in [-0.39, 0.29) is 17.4 Å². The lowest BCUT2D eigenvalue weighted by Gasteiger charge is -2.24. The van der Waals surface area contributed by atoms with Crippen molar-refractivity contribution in [3.63, 3.8) is 0 Å². The summed E-state index contributed by atoms with van der Waals surface area (Å²) in [6.45, 7) is 2.33. The first kappa shape index (κ1) is 13.9. The summed E-state index contributed by atoms with van der Waals surface area (Å²) >= 11 is 0. The second-order valence-corrected chi connectivity index (χ2v) is 5.57. The minimum atomic E-state index is -0.373. The number of carbonyl (C=O) groups excluding carboxylic acids is 1. The fourth-order valence-electron chi connectivity index (χ4n) is 2.40. The molecule has 4 nitrogen and oxygen atoms in total. The lowest BCUT2D eigenvalue weighted by Crippen LogP contribution is -2.37. The van der Waals surface area contributed by atoms with E-state index in [0.29, 0.717) is 13.0 Å². The van der Waals surface area contributed by atoms with Crippen LogP contribution in [0.2, 0.25) is 0 Å². The van der Waals surface area contributed by atoms with Gasteiger partial charge >= 0.3 is 0 Å². The van der Waals surface area contributed by atoms with Gasteiger partial charge in [0.2, 0.25) is 5.91 Å². The number of likely N-dealkylation sites (N-methyl/N-ethyl adjacent to an activating group) is 1. The molecule has 19 heavy (non-hydrogen) atoms. The summed E-state index contributed by atoms with van der Waals surface area (Å²) < 4.78 is 0. The summed E-state index contributed by atoms with van der Waals surface area (Å²) in [4.78, 5) is 14.3. The maximum atomic E-state index is 12.5. The van der Waals surface area contributed by atoms with Gasteiger partial charge in [0.25, 0.3) is 0 Å². The van der Waals surface area contributed by atoms with Gasteiger partial charge < -0.3 is 15.7 Å². The molecule has 1 amide bonds. The zero-order valence-electron chi connectivity index (χ0n) is 11.6. The van der Waals surface area contributed by atoms with Crippen molar-refractivity contribution in [2.24, 2.45) is 0 Å². The van der Waals surface area contributed by atoms with E-state index in [1.807, 2.05) is 31.3 Å². The van der Waals surface area contributed by atoms with Gasteiger partial charge in [-0.1, -0.05) is 12.1 Å². The van der Waals surface area contributed by atoms with Crippen molar-refractivity contribution in [2.75, 3.05) is 19.3 Å². The summed E-state index contributed by atoms with van der Waals surface area (Å²) in [6.07, 6.45) is 2.03. The van der Waals surface area contributed by atoms with E-state index in [9.17, 15) is 9.90 Å². The van der Waals surface area contributed by atoms with E-state index in [1.54, 1.807) is 11.8 Å². The molecule has 1 aromatic rings. The molecular weight excluding hydrogens is 240 g/mol. The van der Waals surface area contributed by atoms with Crippen LogP contribution in [-0.2, 0) is 10.2 Å². The first-order chi connectivity index (χ1) is 8.95. The van der Waals surface area contributed by atoms with Crippen molar-refractivity contribution in [1.29, 1.82) is 0 Å². The number of aliphatic hydroxyl groups is 1. The molecule has 1 aromatic carbocycles. The van der Waals surface area contributed by atoms with E-state index in [2.05, 4.69) is 0 Å².